The molecule has 0 bridgehead atoms. The predicted molar refractivity (Wildman–Crippen MR) is 78.3 cm³/mol. The van der Waals surface area contributed by atoms with Crippen LogP contribution in [0.3, 0.4) is 0 Å². The van der Waals surface area contributed by atoms with Crippen LogP contribution >= 0.6 is 0 Å². The van der Waals surface area contributed by atoms with E-state index in [1.54, 1.807) is 6.07 Å². The van der Waals surface area contributed by atoms with Crippen LogP contribution in [0.2, 0.25) is 0 Å². The summed E-state index contributed by atoms with van der Waals surface area (Å²) in [6.45, 7) is 2.23. The van der Waals surface area contributed by atoms with Crippen molar-refractivity contribution < 1.29 is 9.72 Å². The number of aldehydes is 1. The number of carbonyl (C=O) groups excluding carboxylic acids is 1. The normalized spacial score (nSPS) is 22.3. The van der Waals surface area contributed by atoms with Crippen molar-refractivity contribution >= 4 is 17.7 Å². The molecule has 0 saturated heterocycles. The number of hydrogen-bond donors (Lipinski definition) is 0. The van der Waals surface area contributed by atoms with Crippen LogP contribution in [0.15, 0.2) is 18.2 Å². The van der Waals surface area contributed by atoms with Crippen molar-refractivity contribution in [2.75, 3.05) is 11.9 Å². The monoisotopic (exact) mass is 276 g/mol. The van der Waals surface area contributed by atoms with Gasteiger partial charge in [0.25, 0.3) is 5.69 Å². The first-order valence-electron chi connectivity index (χ1n) is 7.01. The molecule has 0 radical (unpaired) electrons. The minimum absolute atomic E-state index is 0.0408. The van der Waals surface area contributed by atoms with Crippen LogP contribution in [0.25, 0.3) is 0 Å². The van der Waals surface area contributed by atoms with Crippen molar-refractivity contribution in [1.82, 2.24) is 0 Å². The predicted octanol–water partition coefficient (Wildman–Crippen LogP) is 3.42. The fraction of sp³-hybridized carbons (Fsp3) is 0.533. The summed E-state index contributed by atoms with van der Waals surface area (Å²) < 4.78 is 0. The lowest BCUT2D eigenvalue weighted by Gasteiger charge is -2.38. The highest BCUT2D eigenvalue weighted by atomic mass is 16.6. The van der Waals surface area contributed by atoms with Gasteiger partial charge in [0.15, 0.2) is 6.29 Å². The second-order valence-electron chi connectivity index (χ2n) is 5.56. The van der Waals surface area contributed by atoms with E-state index in [4.69, 9.17) is 0 Å². The van der Waals surface area contributed by atoms with E-state index in [1.807, 2.05) is 7.05 Å². The fourth-order valence-corrected chi connectivity index (χ4v) is 3.12. The zero-order chi connectivity index (χ0) is 14.7. The van der Waals surface area contributed by atoms with Crippen molar-refractivity contribution in [2.24, 2.45) is 5.92 Å². The van der Waals surface area contributed by atoms with E-state index in [-0.39, 0.29) is 5.69 Å². The Bertz CT molecular complexity index is 516. The molecular formula is C15H20N2O3. The van der Waals surface area contributed by atoms with E-state index >= 15 is 0 Å². The molecule has 0 aromatic heterocycles. The summed E-state index contributed by atoms with van der Waals surface area (Å²) in [5.74, 6) is 0.573. The number of nitro benzene ring substituents is 1. The van der Waals surface area contributed by atoms with Gasteiger partial charge in [0.05, 0.1) is 4.92 Å². The molecule has 0 N–H and O–H groups in total. The Hall–Kier alpha value is -1.91. The highest BCUT2D eigenvalue weighted by Crippen LogP contribution is 2.32. The van der Waals surface area contributed by atoms with Gasteiger partial charge in [-0.1, -0.05) is 19.8 Å². The third-order valence-electron chi connectivity index (χ3n) is 4.29. The van der Waals surface area contributed by atoms with E-state index in [1.165, 1.54) is 31.4 Å². The van der Waals surface area contributed by atoms with Gasteiger partial charge in [0, 0.05) is 36.5 Å². The average Bonchev–Trinajstić information content (AvgIpc) is 2.46. The van der Waals surface area contributed by atoms with Crippen LogP contribution in [0.4, 0.5) is 11.4 Å². The number of non-ortho nitro benzene ring substituents is 1. The van der Waals surface area contributed by atoms with Crippen molar-refractivity contribution in [3.05, 3.63) is 33.9 Å². The number of nitrogens with zero attached hydrogens (tertiary/aromatic N) is 2. The molecule has 5 heteroatoms. The Morgan fingerprint density at radius 1 is 1.35 bits per heavy atom. The molecule has 108 valence electrons. The minimum Gasteiger partial charge on any atom is -0.371 e. The Labute approximate surface area is 118 Å². The number of hydrogen-bond acceptors (Lipinski definition) is 4. The molecule has 2 unspecified atom stereocenters. The Kier molecular flexibility index (Phi) is 4.37. The lowest BCUT2D eigenvalue weighted by Crippen LogP contribution is -2.39. The lowest BCUT2D eigenvalue weighted by molar-refractivity contribution is -0.384. The van der Waals surface area contributed by atoms with E-state index in [9.17, 15) is 14.9 Å². The van der Waals surface area contributed by atoms with Gasteiger partial charge in [0.1, 0.15) is 0 Å². The van der Waals surface area contributed by atoms with Gasteiger partial charge >= 0.3 is 0 Å². The molecule has 2 atom stereocenters. The summed E-state index contributed by atoms with van der Waals surface area (Å²) in [5.41, 5.74) is 1.13. The summed E-state index contributed by atoms with van der Waals surface area (Å²) in [5, 5.41) is 10.8. The van der Waals surface area contributed by atoms with Crippen LogP contribution in [0, 0.1) is 16.0 Å². The smallest absolute Gasteiger partial charge is 0.270 e. The van der Waals surface area contributed by atoms with Gasteiger partial charge in [0.2, 0.25) is 0 Å². The summed E-state index contributed by atoms with van der Waals surface area (Å²) in [6.07, 6.45) is 5.45. The standard InChI is InChI=1S/C15H20N2O3/c1-11-5-3-4-6-14(11)16(2)15-8-7-13(17(19)20)9-12(15)10-18/h7-11,14H,3-6H2,1-2H3. The van der Waals surface area contributed by atoms with Gasteiger partial charge in [-0.25, -0.2) is 0 Å². The van der Waals surface area contributed by atoms with Crippen LogP contribution in [0.5, 0.6) is 0 Å². The molecule has 0 amide bonds. The van der Waals surface area contributed by atoms with E-state index < -0.39 is 4.92 Å². The molecular weight excluding hydrogens is 256 g/mol. The van der Waals surface area contributed by atoms with E-state index in [2.05, 4.69) is 11.8 Å². The molecule has 1 saturated carbocycles. The molecule has 0 spiro atoms. The fourth-order valence-electron chi connectivity index (χ4n) is 3.12. The number of anilines is 1. The minimum atomic E-state index is -0.472. The van der Waals surface area contributed by atoms with Crippen LogP contribution in [-0.2, 0) is 0 Å². The number of carbonyl (C=O) groups is 1. The van der Waals surface area contributed by atoms with Crippen molar-refractivity contribution in [2.45, 2.75) is 38.6 Å². The van der Waals surface area contributed by atoms with Crippen molar-refractivity contribution in [1.29, 1.82) is 0 Å². The highest BCUT2D eigenvalue weighted by molar-refractivity contribution is 5.86. The molecule has 1 fully saturated rings. The molecule has 0 aliphatic heterocycles. The summed E-state index contributed by atoms with van der Waals surface area (Å²) >= 11 is 0. The first-order valence-corrected chi connectivity index (χ1v) is 7.01. The quantitative estimate of drug-likeness (QED) is 0.480. The van der Waals surface area contributed by atoms with Gasteiger partial charge in [-0.05, 0) is 24.8 Å². The maximum absolute atomic E-state index is 11.2. The molecule has 20 heavy (non-hydrogen) atoms. The number of nitro groups is 1. The maximum atomic E-state index is 11.2. The Balaban J connectivity index is 2.31. The van der Waals surface area contributed by atoms with Crippen molar-refractivity contribution in [3.8, 4) is 0 Å². The Morgan fingerprint density at radius 2 is 2.05 bits per heavy atom. The Morgan fingerprint density at radius 3 is 2.65 bits per heavy atom. The second kappa shape index (κ2) is 6.03. The summed E-state index contributed by atoms with van der Waals surface area (Å²) in [6, 6.07) is 4.89. The van der Waals surface area contributed by atoms with Crippen LogP contribution < -0.4 is 4.90 Å². The molecule has 1 aliphatic rings. The van der Waals surface area contributed by atoms with Crippen molar-refractivity contribution in [3.63, 3.8) is 0 Å². The third-order valence-corrected chi connectivity index (χ3v) is 4.29. The molecule has 0 heterocycles. The topological polar surface area (TPSA) is 63.4 Å². The SMILES string of the molecule is CC1CCCCC1N(C)c1ccc([N+](=O)[O-])cc1C=O. The maximum Gasteiger partial charge on any atom is 0.270 e. The summed E-state index contributed by atoms with van der Waals surface area (Å²) in [7, 11) is 1.97. The molecule has 1 aromatic rings. The number of benzene rings is 1. The van der Waals surface area contributed by atoms with Crippen LogP contribution in [-0.4, -0.2) is 24.3 Å². The molecule has 2 rings (SSSR count). The third kappa shape index (κ3) is 2.81. The first-order chi connectivity index (χ1) is 9.54. The molecule has 1 aliphatic carbocycles. The average molecular weight is 276 g/mol. The van der Waals surface area contributed by atoms with Gasteiger partial charge in [-0.3, -0.25) is 14.9 Å². The number of rotatable bonds is 4. The van der Waals surface area contributed by atoms with Gasteiger partial charge in [-0.15, -0.1) is 0 Å². The zero-order valence-corrected chi connectivity index (χ0v) is 11.9. The largest absolute Gasteiger partial charge is 0.371 e. The molecule has 1 aromatic carbocycles. The second-order valence-corrected chi connectivity index (χ2v) is 5.56. The molecule has 5 nitrogen and oxygen atoms in total. The first kappa shape index (κ1) is 14.5. The van der Waals surface area contributed by atoms with Gasteiger partial charge in [-0.2, -0.15) is 0 Å². The van der Waals surface area contributed by atoms with E-state index in [0.29, 0.717) is 23.8 Å². The van der Waals surface area contributed by atoms with Gasteiger partial charge < -0.3 is 4.90 Å². The zero-order valence-electron chi connectivity index (χ0n) is 11.9. The van der Waals surface area contributed by atoms with E-state index in [0.717, 1.165) is 12.1 Å². The van der Waals surface area contributed by atoms with Crippen LogP contribution in [0.1, 0.15) is 43.0 Å². The summed E-state index contributed by atoms with van der Waals surface area (Å²) in [4.78, 5) is 23.6. The lowest BCUT2D eigenvalue weighted by atomic mass is 9.84. The highest BCUT2D eigenvalue weighted by Gasteiger charge is 2.26.